The summed E-state index contributed by atoms with van der Waals surface area (Å²) >= 11 is 0. The third kappa shape index (κ3) is 62.5. The second kappa shape index (κ2) is 65.2. The summed E-state index contributed by atoms with van der Waals surface area (Å²) in [7, 11) is 0. The lowest BCUT2D eigenvalue weighted by Crippen LogP contribution is -2.30. The molecule has 446 valence electrons. The third-order valence-corrected chi connectivity index (χ3v) is 15.4. The summed E-state index contributed by atoms with van der Waals surface area (Å²) in [5.41, 5.74) is 0. The lowest BCUT2D eigenvalue weighted by Gasteiger charge is -2.18. The third-order valence-electron chi connectivity index (χ3n) is 15.4. The van der Waals surface area contributed by atoms with E-state index in [9.17, 15) is 14.4 Å². The molecule has 0 saturated carbocycles. The first-order valence-corrected chi connectivity index (χ1v) is 34.0. The number of rotatable bonds is 63. The maximum atomic E-state index is 12.9. The molecule has 76 heavy (non-hydrogen) atoms. The zero-order valence-corrected chi connectivity index (χ0v) is 51.3. The normalized spacial score (nSPS) is 12.2. The number of hydrogen-bond donors (Lipinski definition) is 0. The van der Waals surface area contributed by atoms with E-state index in [-0.39, 0.29) is 31.1 Å². The zero-order chi connectivity index (χ0) is 55.0. The number of carbonyl (C=O) groups excluding carboxylic acids is 3. The summed E-state index contributed by atoms with van der Waals surface area (Å²) in [6.45, 7) is 6.69. The average Bonchev–Trinajstić information content (AvgIpc) is 3.42. The van der Waals surface area contributed by atoms with Gasteiger partial charge in [0.15, 0.2) is 6.10 Å². The van der Waals surface area contributed by atoms with Gasteiger partial charge in [-0.25, -0.2) is 0 Å². The topological polar surface area (TPSA) is 78.9 Å². The van der Waals surface area contributed by atoms with Crippen LogP contribution in [0.4, 0.5) is 0 Å². The first-order chi connectivity index (χ1) is 37.5. The van der Waals surface area contributed by atoms with E-state index in [1.807, 2.05) is 0 Å². The Bertz CT molecular complexity index is 1270. The molecule has 0 aromatic heterocycles. The highest BCUT2D eigenvalue weighted by molar-refractivity contribution is 5.71. The standard InChI is InChI=1S/C70H130O6/c1-4-7-10-13-16-19-22-25-27-29-30-31-32-33-34-35-36-37-38-39-40-42-43-45-48-51-54-57-60-63-69(72)75-66-67(65-74-68(71)62-59-56-53-50-47-24-21-18-15-12-9-6-3)76-70(73)64-61-58-55-52-49-46-44-41-28-26-23-20-17-14-11-8-5-2/h22,25,29-30,32-33,67H,4-21,23-24,26-28,31,34-66H2,1-3H3/b25-22-,30-29-,33-32-. The molecule has 0 radical (unpaired) electrons. The number of esters is 3. The van der Waals surface area contributed by atoms with Crippen LogP contribution in [0.5, 0.6) is 0 Å². The summed E-state index contributed by atoms with van der Waals surface area (Å²) in [5, 5.41) is 0. The minimum Gasteiger partial charge on any atom is -0.462 e. The summed E-state index contributed by atoms with van der Waals surface area (Å²) in [4.78, 5) is 38.3. The van der Waals surface area contributed by atoms with E-state index in [1.165, 1.54) is 263 Å². The van der Waals surface area contributed by atoms with Crippen LogP contribution in [0, 0.1) is 0 Å². The summed E-state index contributed by atoms with van der Waals surface area (Å²) in [6, 6.07) is 0. The molecule has 0 aromatic carbocycles. The van der Waals surface area contributed by atoms with Crippen molar-refractivity contribution in [3.63, 3.8) is 0 Å². The molecular weight excluding hydrogens is 937 g/mol. The van der Waals surface area contributed by atoms with Gasteiger partial charge in [-0.3, -0.25) is 14.4 Å². The van der Waals surface area contributed by atoms with Gasteiger partial charge in [-0.05, 0) is 57.8 Å². The molecule has 0 heterocycles. The number of hydrogen-bond acceptors (Lipinski definition) is 6. The number of unbranched alkanes of at least 4 members (excludes halogenated alkanes) is 46. The van der Waals surface area contributed by atoms with Gasteiger partial charge in [-0.1, -0.05) is 333 Å². The number of allylic oxidation sites excluding steroid dienone is 6. The summed E-state index contributed by atoms with van der Waals surface area (Å²) in [6.07, 6.45) is 80.2. The zero-order valence-electron chi connectivity index (χ0n) is 51.3. The van der Waals surface area contributed by atoms with Gasteiger partial charge >= 0.3 is 17.9 Å². The van der Waals surface area contributed by atoms with Crippen molar-refractivity contribution in [2.24, 2.45) is 0 Å². The van der Waals surface area contributed by atoms with Gasteiger partial charge in [0.1, 0.15) is 13.2 Å². The number of ether oxygens (including phenoxy) is 3. The Hall–Kier alpha value is -2.37. The average molecular weight is 1070 g/mol. The van der Waals surface area contributed by atoms with Gasteiger partial charge in [0.25, 0.3) is 0 Å². The van der Waals surface area contributed by atoms with Gasteiger partial charge < -0.3 is 14.2 Å². The van der Waals surface area contributed by atoms with E-state index in [0.29, 0.717) is 19.3 Å². The molecule has 0 fully saturated rings. The molecule has 0 saturated heterocycles. The monoisotopic (exact) mass is 1070 g/mol. The molecule has 1 unspecified atom stereocenters. The van der Waals surface area contributed by atoms with E-state index in [0.717, 1.165) is 70.6 Å². The lowest BCUT2D eigenvalue weighted by molar-refractivity contribution is -0.167. The van der Waals surface area contributed by atoms with Gasteiger partial charge in [-0.15, -0.1) is 0 Å². The Kier molecular flexibility index (Phi) is 63.1. The van der Waals surface area contributed by atoms with E-state index in [1.54, 1.807) is 0 Å². The fraction of sp³-hybridized carbons (Fsp3) is 0.871. The molecule has 0 N–H and O–H groups in total. The Morgan fingerprint density at radius 2 is 0.474 bits per heavy atom. The van der Waals surface area contributed by atoms with E-state index in [2.05, 4.69) is 57.2 Å². The van der Waals surface area contributed by atoms with Crippen molar-refractivity contribution < 1.29 is 28.6 Å². The Labute approximate surface area is 474 Å². The quantitative estimate of drug-likeness (QED) is 0.0261. The molecule has 0 aliphatic rings. The highest BCUT2D eigenvalue weighted by Crippen LogP contribution is 2.18. The molecule has 0 amide bonds. The van der Waals surface area contributed by atoms with Gasteiger partial charge in [0.05, 0.1) is 0 Å². The molecule has 1 atom stereocenters. The highest BCUT2D eigenvalue weighted by Gasteiger charge is 2.19. The first kappa shape index (κ1) is 73.6. The van der Waals surface area contributed by atoms with Crippen molar-refractivity contribution in [1.29, 1.82) is 0 Å². The molecule has 0 aromatic rings. The molecule has 0 aliphatic carbocycles. The van der Waals surface area contributed by atoms with Crippen molar-refractivity contribution in [2.75, 3.05) is 13.2 Å². The lowest BCUT2D eigenvalue weighted by atomic mass is 10.0. The van der Waals surface area contributed by atoms with Gasteiger partial charge in [-0.2, -0.15) is 0 Å². The minimum atomic E-state index is -0.767. The van der Waals surface area contributed by atoms with Crippen LogP contribution in [0.25, 0.3) is 0 Å². The molecule has 0 spiro atoms. The van der Waals surface area contributed by atoms with Crippen molar-refractivity contribution in [3.05, 3.63) is 36.5 Å². The Balaban J connectivity index is 4.17. The maximum Gasteiger partial charge on any atom is 0.306 e. The van der Waals surface area contributed by atoms with Crippen molar-refractivity contribution in [1.82, 2.24) is 0 Å². The second-order valence-electron chi connectivity index (χ2n) is 23.1. The molecule has 0 bridgehead atoms. The van der Waals surface area contributed by atoms with Crippen LogP contribution < -0.4 is 0 Å². The van der Waals surface area contributed by atoms with Crippen LogP contribution in [0.3, 0.4) is 0 Å². The van der Waals surface area contributed by atoms with Gasteiger partial charge in [0.2, 0.25) is 0 Å². The molecule has 0 aliphatic heterocycles. The summed E-state index contributed by atoms with van der Waals surface area (Å²) in [5.74, 6) is -0.839. The summed E-state index contributed by atoms with van der Waals surface area (Å²) < 4.78 is 17.0. The van der Waals surface area contributed by atoms with Crippen LogP contribution >= 0.6 is 0 Å². The maximum absolute atomic E-state index is 12.9. The first-order valence-electron chi connectivity index (χ1n) is 34.0. The van der Waals surface area contributed by atoms with Crippen LogP contribution in [-0.4, -0.2) is 37.2 Å². The van der Waals surface area contributed by atoms with Crippen LogP contribution in [0.15, 0.2) is 36.5 Å². The Morgan fingerprint density at radius 1 is 0.263 bits per heavy atom. The molecular formula is C70H130O6. The molecule has 0 rings (SSSR count). The van der Waals surface area contributed by atoms with Crippen LogP contribution in [-0.2, 0) is 28.6 Å². The van der Waals surface area contributed by atoms with Crippen molar-refractivity contribution >= 4 is 17.9 Å². The van der Waals surface area contributed by atoms with Gasteiger partial charge in [0, 0.05) is 19.3 Å². The Morgan fingerprint density at radius 3 is 0.737 bits per heavy atom. The van der Waals surface area contributed by atoms with E-state index < -0.39 is 6.10 Å². The minimum absolute atomic E-state index is 0.0655. The smallest absolute Gasteiger partial charge is 0.306 e. The van der Waals surface area contributed by atoms with E-state index in [4.69, 9.17) is 14.2 Å². The van der Waals surface area contributed by atoms with Crippen molar-refractivity contribution in [3.8, 4) is 0 Å². The SMILES string of the molecule is CCCCCCC/C=C\C/C=C\C/C=C\CCCCCCCCCCCCCCCCC(=O)OCC(COC(=O)CCCCCCCCCCCCCC)OC(=O)CCCCCCCCCCCCCCCCCCC. The van der Waals surface area contributed by atoms with Crippen molar-refractivity contribution in [2.45, 2.75) is 380 Å². The van der Waals surface area contributed by atoms with Crippen LogP contribution in [0.1, 0.15) is 374 Å². The fourth-order valence-corrected chi connectivity index (χ4v) is 10.3. The number of carbonyl (C=O) groups is 3. The molecule has 6 heteroatoms. The largest absolute Gasteiger partial charge is 0.462 e. The van der Waals surface area contributed by atoms with E-state index >= 15 is 0 Å². The van der Waals surface area contributed by atoms with Crippen LogP contribution in [0.2, 0.25) is 0 Å². The predicted octanol–water partition coefficient (Wildman–Crippen LogP) is 23.2. The fourth-order valence-electron chi connectivity index (χ4n) is 10.3. The second-order valence-corrected chi connectivity index (χ2v) is 23.1. The predicted molar refractivity (Wildman–Crippen MR) is 330 cm³/mol. The molecule has 6 nitrogen and oxygen atoms in total. The highest BCUT2D eigenvalue weighted by atomic mass is 16.6.